The van der Waals surface area contributed by atoms with Crippen LogP contribution in [0.15, 0.2) is 18.3 Å². The number of amides is 1. The van der Waals surface area contributed by atoms with Gasteiger partial charge in [-0.05, 0) is 32.9 Å². The molecule has 0 atom stereocenters. The molecule has 0 aromatic carbocycles. The zero-order valence-electron chi connectivity index (χ0n) is 11.2. The van der Waals surface area contributed by atoms with E-state index in [1.807, 2.05) is 20.8 Å². The van der Waals surface area contributed by atoms with Gasteiger partial charge in [-0.1, -0.05) is 0 Å². The molecule has 0 aliphatic heterocycles. The van der Waals surface area contributed by atoms with Gasteiger partial charge in [0.25, 0.3) is 5.91 Å². The minimum atomic E-state index is -0.367. The molecule has 0 bridgehead atoms. The molecule has 5 nitrogen and oxygen atoms in total. The first kappa shape index (κ1) is 14.6. The van der Waals surface area contributed by atoms with Crippen molar-refractivity contribution in [3.8, 4) is 0 Å². The van der Waals surface area contributed by atoms with Crippen molar-refractivity contribution in [1.82, 2.24) is 10.3 Å². The summed E-state index contributed by atoms with van der Waals surface area (Å²) >= 11 is 0. The zero-order valence-corrected chi connectivity index (χ0v) is 11.2. The minimum absolute atomic E-state index is 0.139. The van der Waals surface area contributed by atoms with Crippen LogP contribution in [-0.4, -0.2) is 29.6 Å². The number of carbonyl (C=O) groups excluding carboxylic acids is 1. The van der Waals surface area contributed by atoms with Gasteiger partial charge in [0.15, 0.2) is 0 Å². The van der Waals surface area contributed by atoms with Crippen LogP contribution in [0.4, 0.5) is 0 Å². The van der Waals surface area contributed by atoms with E-state index in [4.69, 9.17) is 10.5 Å². The Kier molecular flexibility index (Phi) is 5.25. The molecule has 1 amide bonds. The van der Waals surface area contributed by atoms with Crippen LogP contribution >= 0.6 is 0 Å². The lowest BCUT2D eigenvalue weighted by atomic mass is 10.1. The van der Waals surface area contributed by atoms with Crippen LogP contribution < -0.4 is 11.1 Å². The van der Waals surface area contributed by atoms with Gasteiger partial charge in [-0.3, -0.25) is 9.78 Å². The Hall–Kier alpha value is -1.46. The smallest absolute Gasteiger partial charge is 0.251 e. The summed E-state index contributed by atoms with van der Waals surface area (Å²) < 4.78 is 5.51. The molecule has 0 unspecified atom stereocenters. The fraction of sp³-hybridized carbons (Fsp3) is 0.538. The minimum Gasteiger partial charge on any atom is -0.374 e. The number of pyridine rings is 1. The maximum Gasteiger partial charge on any atom is 0.251 e. The van der Waals surface area contributed by atoms with E-state index >= 15 is 0 Å². The second-order valence-corrected chi connectivity index (χ2v) is 4.62. The Bertz CT molecular complexity index is 405. The van der Waals surface area contributed by atoms with E-state index in [1.165, 1.54) is 0 Å². The number of nitrogens with one attached hydrogen (secondary N) is 1. The van der Waals surface area contributed by atoms with Crippen molar-refractivity contribution < 1.29 is 9.53 Å². The Labute approximate surface area is 108 Å². The molecule has 5 heteroatoms. The number of rotatable bonds is 6. The third-order valence-electron chi connectivity index (χ3n) is 2.50. The van der Waals surface area contributed by atoms with Gasteiger partial charge in [0.2, 0.25) is 0 Å². The summed E-state index contributed by atoms with van der Waals surface area (Å²) in [5.74, 6) is -0.139. The molecule has 0 aliphatic rings. The van der Waals surface area contributed by atoms with E-state index < -0.39 is 0 Å². The third kappa shape index (κ3) is 4.43. The monoisotopic (exact) mass is 251 g/mol. The molecule has 18 heavy (non-hydrogen) atoms. The normalized spacial score (nSPS) is 11.3. The van der Waals surface area contributed by atoms with E-state index in [2.05, 4.69) is 10.3 Å². The number of hydrogen-bond donors (Lipinski definition) is 2. The number of hydrogen-bond acceptors (Lipinski definition) is 4. The quantitative estimate of drug-likeness (QED) is 0.793. The average molecular weight is 251 g/mol. The van der Waals surface area contributed by atoms with Crippen LogP contribution in [-0.2, 0) is 11.3 Å². The van der Waals surface area contributed by atoms with Crippen molar-refractivity contribution in [2.45, 2.75) is 32.9 Å². The molecule has 0 spiro atoms. The van der Waals surface area contributed by atoms with Gasteiger partial charge in [-0.15, -0.1) is 0 Å². The lowest BCUT2D eigenvalue weighted by Crippen LogP contribution is -2.40. The van der Waals surface area contributed by atoms with E-state index in [9.17, 15) is 4.79 Å². The molecule has 1 aromatic rings. The molecular weight excluding hydrogens is 230 g/mol. The summed E-state index contributed by atoms with van der Waals surface area (Å²) in [6.45, 7) is 7.21. The van der Waals surface area contributed by atoms with Crippen LogP contribution in [0.5, 0.6) is 0 Å². The molecule has 0 fully saturated rings. The van der Waals surface area contributed by atoms with Crippen molar-refractivity contribution in [3.63, 3.8) is 0 Å². The van der Waals surface area contributed by atoms with Crippen molar-refractivity contribution in [1.29, 1.82) is 0 Å². The van der Waals surface area contributed by atoms with Gasteiger partial charge in [0, 0.05) is 31.5 Å². The topological polar surface area (TPSA) is 77.2 Å². The first-order valence-electron chi connectivity index (χ1n) is 6.05. The maximum absolute atomic E-state index is 11.9. The van der Waals surface area contributed by atoms with Gasteiger partial charge in [0.1, 0.15) is 0 Å². The van der Waals surface area contributed by atoms with E-state index in [0.29, 0.717) is 31.0 Å². The maximum atomic E-state index is 11.9. The van der Waals surface area contributed by atoms with Crippen LogP contribution in [0.25, 0.3) is 0 Å². The standard InChI is InChI=1S/C13H21N3O2/c1-4-18-13(2,3)9-16-12(17)10-5-6-15-11(7-10)8-14/h5-7H,4,8-9,14H2,1-3H3,(H,16,17). The summed E-state index contributed by atoms with van der Waals surface area (Å²) in [6.07, 6.45) is 1.59. The molecule has 0 radical (unpaired) electrons. The fourth-order valence-corrected chi connectivity index (χ4v) is 1.57. The molecule has 0 saturated heterocycles. The number of nitrogens with zero attached hydrogens (tertiary/aromatic N) is 1. The summed E-state index contributed by atoms with van der Waals surface area (Å²) in [5.41, 5.74) is 6.39. The first-order chi connectivity index (χ1) is 8.48. The third-order valence-corrected chi connectivity index (χ3v) is 2.50. The number of carbonyl (C=O) groups is 1. The molecule has 1 heterocycles. The molecule has 0 aliphatic carbocycles. The Balaban J connectivity index is 2.60. The largest absolute Gasteiger partial charge is 0.374 e. The Morgan fingerprint density at radius 2 is 2.28 bits per heavy atom. The number of ether oxygens (including phenoxy) is 1. The van der Waals surface area contributed by atoms with Crippen LogP contribution in [0, 0.1) is 0 Å². The fourth-order valence-electron chi connectivity index (χ4n) is 1.57. The molecule has 0 saturated carbocycles. The highest BCUT2D eigenvalue weighted by Crippen LogP contribution is 2.08. The van der Waals surface area contributed by atoms with Crippen LogP contribution in [0.2, 0.25) is 0 Å². The highest BCUT2D eigenvalue weighted by atomic mass is 16.5. The van der Waals surface area contributed by atoms with E-state index in [1.54, 1.807) is 18.3 Å². The highest BCUT2D eigenvalue weighted by Gasteiger charge is 2.19. The average Bonchev–Trinajstić information content (AvgIpc) is 2.36. The summed E-state index contributed by atoms with van der Waals surface area (Å²) in [6, 6.07) is 3.37. The summed E-state index contributed by atoms with van der Waals surface area (Å²) in [5, 5.41) is 2.84. The van der Waals surface area contributed by atoms with Gasteiger partial charge < -0.3 is 15.8 Å². The van der Waals surface area contributed by atoms with Crippen molar-refractivity contribution in [3.05, 3.63) is 29.6 Å². The molecule has 3 N–H and O–H groups in total. The van der Waals surface area contributed by atoms with Gasteiger partial charge >= 0.3 is 0 Å². The first-order valence-corrected chi connectivity index (χ1v) is 6.05. The lowest BCUT2D eigenvalue weighted by Gasteiger charge is -2.24. The Morgan fingerprint density at radius 1 is 1.56 bits per heavy atom. The van der Waals surface area contributed by atoms with E-state index in [-0.39, 0.29) is 11.5 Å². The Morgan fingerprint density at radius 3 is 2.89 bits per heavy atom. The highest BCUT2D eigenvalue weighted by molar-refractivity contribution is 5.94. The number of nitrogens with two attached hydrogens (primary N) is 1. The predicted molar refractivity (Wildman–Crippen MR) is 70.2 cm³/mol. The number of aromatic nitrogens is 1. The van der Waals surface area contributed by atoms with Crippen LogP contribution in [0.3, 0.4) is 0 Å². The van der Waals surface area contributed by atoms with Gasteiger partial charge in [-0.2, -0.15) is 0 Å². The zero-order chi connectivity index (χ0) is 13.6. The van der Waals surface area contributed by atoms with E-state index in [0.717, 1.165) is 0 Å². The van der Waals surface area contributed by atoms with Gasteiger partial charge in [0.05, 0.1) is 11.3 Å². The molecule has 1 rings (SSSR count). The SMILES string of the molecule is CCOC(C)(C)CNC(=O)c1ccnc(CN)c1. The van der Waals surface area contributed by atoms with Crippen molar-refractivity contribution >= 4 is 5.91 Å². The van der Waals surface area contributed by atoms with Crippen molar-refractivity contribution in [2.75, 3.05) is 13.2 Å². The van der Waals surface area contributed by atoms with Gasteiger partial charge in [-0.25, -0.2) is 0 Å². The molecule has 100 valence electrons. The summed E-state index contributed by atoms with van der Waals surface area (Å²) in [4.78, 5) is 16.0. The lowest BCUT2D eigenvalue weighted by molar-refractivity contribution is -0.00815. The van der Waals surface area contributed by atoms with Crippen LogP contribution in [0.1, 0.15) is 36.8 Å². The van der Waals surface area contributed by atoms with Crippen molar-refractivity contribution in [2.24, 2.45) is 5.73 Å². The molecule has 1 aromatic heterocycles. The second-order valence-electron chi connectivity index (χ2n) is 4.62. The predicted octanol–water partition coefficient (Wildman–Crippen LogP) is 1.09. The molecular formula is C13H21N3O2. The second kappa shape index (κ2) is 6.47. The summed E-state index contributed by atoms with van der Waals surface area (Å²) in [7, 11) is 0.